The number of carbonyl (C=O) groups is 3. The molecule has 0 fully saturated rings. The molecule has 0 saturated carbocycles. The Balaban J connectivity index is 2.18. The molecule has 2 N–H and O–H groups in total. The molecule has 0 aliphatic carbocycles. The Labute approximate surface area is 221 Å². The topological polar surface area (TPSA) is 87.7 Å². The van der Waals surface area contributed by atoms with E-state index in [9.17, 15) is 27.6 Å². The van der Waals surface area contributed by atoms with E-state index in [1.165, 1.54) is 11.0 Å². The zero-order valence-electron chi connectivity index (χ0n) is 20.9. The summed E-state index contributed by atoms with van der Waals surface area (Å²) in [6, 6.07) is 7.53. The highest BCUT2D eigenvalue weighted by Crippen LogP contribution is 2.39. The van der Waals surface area contributed by atoms with Crippen LogP contribution in [0.3, 0.4) is 0 Å². The van der Waals surface area contributed by atoms with Crippen LogP contribution in [0.25, 0.3) is 0 Å². The van der Waals surface area contributed by atoms with Crippen LogP contribution in [0.4, 0.5) is 18.9 Å². The minimum Gasteiger partial charge on any atom is -0.466 e. The summed E-state index contributed by atoms with van der Waals surface area (Å²) in [5.74, 6) is -1.87. The summed E-state index contributed by atoms with van der Waals surface area (Å²) in [5.41, 5.74) is -0.802. The van der Waals surface area contributed by atoms with Gasteiger partial charge in [-0.3, -0.25) is 14.4 Å². The minimum absolute atomic E-state index is 0.0180. The Bertz CT molecular complexity index is 1160. The number of hydrogen-bond donors (Lipinski definition) is 2. The van der Waals surface area contributed by atoms with Gasteiger partial charge in [0.15, 0.2) is 0 Å². The van der Waals surface area contributed by atoms with Crippen molar-refractivity contribution in [3.8, 4) is 0 Å². The van der Waals surface area contributed by atoms with Crippen molar-refractivity contribution in [3.63, 3.8) is 0 Å². The lowest BCUT2D eigenvalue weighted by atomic mass is 9.98. The van der Waals surface area contributed by atoms with Crippen molar-refractivity contribution in [2.45, 2.75) is 64.5 Å². The summed E-state index contributed by atoms with van der Waals surface area (Å²) in [7, 11) is 0. The van der Waals surface area contributed by atoms with E-state index in [1.807, 2.05) is 0 Å². The molecule has 0 spiro atoms. The van der Waals surface area contributed by atoms with Crippen molar-refractivity contribution in [2.75, 3.05) is 11.9 Å². The molecule has 7 nitrogen and oxygen atoms in total. The van der Waals surface area contributed by atoms with Crippen LogP contribution in [0.1, 0.15) is 56.8 Å². The Hall–Kier alpha value is -3.08. The second-order valence-electron chi connectivity index (χ2n) is 9.74. The summed E-state index contributed by atoms with van der Waals surface area (Å²) in [4.78, 5) is 41.0. The van der Waals surface area contributed by atoms with Gasteiger partial charge in [0.1, 0.15) is 12.1 Å². The first-order chi connectivity index (χ1) is 17.2. The molecule has 0 aromatic heterocycles. The molecule has 1 aliphatic rings. The van der Waals surface area contributed by atoms with E-state index in [1.54, 1.807) is 52.0 Å². The number of esters is 1. The van der Waals surface area contributed by atoms with Gasteiger partial charge in [-0.05, 0) is 57.5 Å². The average molecular weight is 584 g/mol. The SMILES string of the molecule is CCOC(=O)C[C@H]1Nc2cc(C(F)(F)F)ccc2[C@@H](C(=O)NC(C)(C)C)N(Cc2ccc(Br)cc2)C1=O. The molecule has 11 heteroatoms. The van der Waals surface area contributed by atoms with Gasteiger partial charge in [-0.15, -0.1) is 0 Å². The highest BCUT2D eigenvalue weighted by molar-refractivity contribution is 9.10. The zero-order chi connectivity index (χ0) is 27.5. The highest BCUT2D eigenvalue weighted by Gasteiger charge is 2.42. The molecule has 0 radical (unpaired) electrons. The first-order valence-electron chi connectivity index (χ1n) is 11.7. The number of benzene rings is 2. The van der Waals surface area contributed by atoms with E-state index >= 15 is 0 Å². The van der Waals surface area contributed by atoms with Gasteiger partial charge < -0.3 is 20.3 Å². The fraction of sp³-hybridized carbons (Fsp3) is 0.423. The van der Waals surface area contributed by atoms with Crippen molar-refractivity contribution in [1.82, 2.24) is 10.2 Å². The molecule has 1 aliphatic heterocycles. The first kappa shape index (κ1) is 28.5. The molecule has 2 aromatic carbocycles. The molecule has 2 atom stereocenters. The Morgan fingerprint density at radius 2 is 1.76 bits per heavy atom. The Morgan fingerprint density at radius 1 is 1.11 bits per heavy atom. The second kappa shape index (κ2) is 11.1. The molecule has 0 bridgehead atoms. The van der Waals surface area contributed by atoms with Crippen molar-refractivity contribution in [1.29, 1.82) is 0 Å². The maximum atomic E-state index is 13.8. The third-order valence-corrected chi connectivity index (χ3v) is 6.12. The number of alkyl halides is 3. The smallest absolute Gasteiger partial charge is 0.416 e. The van der Waals surface area contributed by atoms with Crippen LogP contribution in [-0.2, 0) is 31.8 Å². The quantitative estimate of drug-likeness (QED) is 0.456. The van der Waals surface area contributed by atoms with Crippen LogP contribution in [0.2, 0.25) is 0 Å². The molecule has 3 rings (SSSR count). The van der Waals surface area contributed by atoms with Crippen molar-refractivity contribution >= 4 is 39.4 Å². The number of amides is 2. The van der Waals surface area contributed by atoms with Crippen LogP contribution in [0.5, 0.6) is 0 Å². The summed E-state index contributed by atoms with van der Waals surface area (Å²) >= 11 is 3.36. The van der Waals surface area contributed by atoms with Gasteiger partial charge in [0.2, 0.25) is 11.8 Å². The first-order valence-corrected chi connectivity index (χ1v) is 12.5. The number of ether oxygens (including phenoxy) is 1. The average Bonchev–Trinajstić information content (AvgIpc) is 2.88. The van der Waals surface area contributed by atoms with Gasteiger partial charge in [0, 0.05) is 27.8 Å². The largest absolute Gasteiger partial charge is 0.466 e. The number of nitrogens with zero attached hydrogens (tertiary/aromatic N) is 1. The van der Waals surface area contributed by atoms with Gasteiger partial charge in [-0.1, -0.05) is 34.1 Å². The minimum atomic E-state index is -4.65. The number of carbonyl (C=O) groups excluding carboxylic acids is 3. The lowest BCUT2D eigenvalue weighted by molar-refractivity contribution is -0.148. The van der Waals surface area contributed by atoms with Gasteiger partial charge in [0.05, 0.1) is 18.6 Å². The van der Waals surface area contributed by atoms with E-state index in [4.69, 9.17) is 4.74 Å². The third-order valence-electron chi connectivity index (χ3n) is 5.59. The normalized spacial score (nSPS) is 17.9. The lowest BCUT2D eigenvalue weighted by Crippen LogP contribution is -2.50. The van der Waals surface area contributed by atoms with E-state index < -0.39 is 53.6 Å². The van der Waals surface area contributed by atoms with Crippen molar-refractivity contribution in [2.24, 2.45) is 0 Å². The van der Waals surface area contributed by atoms with Crippen LogP contribution in [0, 0.1) is 0 Å². The number of hydrogen-bond acceptors (Lipinski definition) is 5. The molecular weight excluding hydrogens is 555 g/mol. The predicted octanol–water partition coefficient (Wildman–Crippen LogP) is 5.20. The Morgan fingerprint density at radius 3 is 2.32 bits per heavy atom. The predicted molar refractivity (Wildman–Crippen MR) is 135 cm³/mol. The molecule has 200 valence electrons. The van der Waals surface area contributed by atoms with E-state index in [-0.39, 0.29) is 24.4 Å². The van der Waals surface area contributed by atoms with Crippen LogP contribution >= 0.6 is 15.9 Å². The summed E-state index contributed by atoms with van der Waals surface area (Å²) in [5, 5.41) is 5.65. The molecule has 37 heavy (non-hydrogen) atoms. The van der Waals surface area contributed by atoms with Crippen molar-refractivity contribution < 1.29 is 32.3 Å². The lowest BCUT2D eigenvalue weighted by Gasteiger charge is -2.33. The molecule has 2 aromatic rings. The fourth-order valence-electron chi connectivity index (χ4n) is 4.04. The van der Waals surface area contributed by atoms with Crippen LogP contribution < -0.4 is 10.6 Å². The summed E-state index contributed by atoms with van der Waals surface area (Å²) in [6.45, 7) is 6.95. The van der Waals surface area contributed by atoms with Gasteiger partial charge >= 0.3 is 12.1 Å². The number of nitrogens with one attached hydrogen (secondary N) is 2. The maximum Gasteiger partial charge on any atom is 0.416 e. The van der Waals surface area contributed by atoms with E-state index in [0.29, 0.717) is 5.56 Å². The molecule has 0 saturated heterocycles. The maximum absolute atomic E-state index is 13.8. The summed E-state index contributed by atoms with van der Waals surface area (Å²) < 4.78 is 46.5. The molecule has 2 amide bonds. The number of rotatable bonds is 6. The Kier molecular flexibility index (Phi) is 8.56. The zero-order valence-corrected chi connectivity index (χ0v) is 22.5. The van der Waals surface area contributed by atoms with Gasteiger partial charge in [-0.25, -0.2) is 0 Å². The third kappa shape index (κ3) is 7.24. The standard InChI is InChI=1S/C26H29BrF3N3O4/c1-5-37-21(34)13-20-24(36)33(14-15-6-9-17(27)10-7-15)22(23(35)32-25(2,3)4)18-11-8-16(26(28,29)30)12-19(18)31-20/h6-12,20,22,31H,5,13-14H2,1-4H3,(H,32,35)/t20-,22+/m1/s1. The number of halogens is 4. The number of anilines is 1. The molecular formula is C26H29BrF3N3O4. The fourth-order valence-corrected chi connectivity index (χ4v) is 4.31. The van der Waals surface area contributed by atoms with Gasteiger partial charge in [-0.2, -0.15) is 13.2 Å². The monoisotopic (exact) mass is 583 g/mol. The van der Waals surface area contributed by atoms with Crippen molar-refractivity contribution in [3.05, 3.63) is 63.6 Å². The summed E-state index contributed by atoms with van der Waals surface area (Å²) in [6.07, 6.45) is -5.07. The van der Waals surface area contributed by atoms with Crippen LogP contribution in [0.15, 0.2) is 46.9 Å². The number of fused-ring (bicyclic) bond motifs is 1. The van der Waals surface area contributed by atoms with E-state index in [0.717, 1.165) is 16.6 Å². The van der Waals surface area contributed by atoms with Gasteiger partial charge in [0.25, 0.3) is 0 Å². The molecule has 0 unspecified atom stereocenters. The molecule has 1 heterocycles. The second-order valence-corrected chi connectivity index (χ2v) is 10.7. The highest BCUT2D eigenvalue weighted by atomic mass is 79.9. The van der Waals surface area contributed by atoms with Crippen LogP contribution in [-0.4, -0.2) is 40.9 Å². The van der Waals surface area contributed by atoms with E-state index in [2.05, 4.69) is 26.6 Å².